The molecule has 27 heavy (non-hydrogen) atoms. The molecule has 0 aromatic heterocycles. The van der Waals surface area contributed by atoms with Gasteiger partial charge in [0.15, 0.2) is 0 Å². The number of benzene rings is 2. The van der Waals surface area contributed by atoms with E-state index >= 15 is 0 Å². The molecular formula is C18H21Cl2N3O4. The quantitative estimate of drug-likeness (QED) is 0.504. The van der Waals surface area contributed by atoms with Crippen LogP contribution in [0.25, 0.3) is 0 Å². The largest absolute Gasteiger partial charge is 0.508 e. The third-order valence-electron chi connectivity index (χ3n) is 4.12. The van der Waals surface area contributed by atoms with Gasteiger partial charge in [-0.2, -0.15) is 0 Å². The van der Waals surface area contributed by atoms with E-state index in [4.69, 9.17) is 23.2 Å². The summed E-state index contributed by atoms with van der Waals surface area (Å²) >= 11 is 11.9. The molecule has 0 aliphatic heterocycles. The molecule has 9 heteroatoms. The van der Waals surface area contributed by atoms with Gasteiger partial charge in [0.25, 0.3) is 5.69 Å². The minimum Gasteiger partial charge on any atom is -0.508 e. The second-order valence-electron chi connectivity index (χ2n) is 6.44. The van der Waals surface area contributed by atoms with Crippen molar-refractivity contribution in [3.8, 4) is 11.5 Å². The maximum atomic E-state index is 10.9. The van der Waals surface area contributed by atoms with E-state index in [2.05, 4.69) is 0 Å². The van der Waals surface area contributed by atoms with Gasteiger partial charge in [-0.05, 0) is 32.3 Å². The Morgan fingerprint density at radius 2 is 1.59 bits per heavy atom. The van der Waals surface area contributed by atoms with Crippen LogP contribution in [0.5, 0.6) is 11.5 Å². The molecule has 0 saturated heterocycles. The molecule has 0 fully saturated rings. The second kappa shape index (κ2) is 9.23. The van der Waals surface area contributed by atoms with E-state index < -0.39 is 4.92 Å². The van der Waals surface area contributed by atoms with Crippen LogP contribution in [-0.2, 0) is 13.1 Å². The molecule has 2 N–H and O–H groups in total. The van der Waals surface area contributed by atoms with Gasteiger partial charge >= 0.3 is 0 Å². The van der Waals surface area contributed by atoms with Crippen LogP contribution in [-0.4, -0.2) is 52.1 Å². The van der Waals surface area contributed by atoms with E-state index in [1.54, 1.807) is 6.07 Å². The molecule has 2 aromatic rings. The molecule has 0 bridgehead atoms. The number of likely N-dealkylation sites (N-methyl/N-ethyl adjacent to an activating group) is 2. The van der Waals surface area contributed by atoms with Crippen molar-refractivity contribution < 1.29 is 15.1 Å². The molecule has 0 aliphatic carbocycles. The summed E-state index contributed by atoms with van der Waals surface area (Å²) in [6.07, 6.45) is 0. The van der Waals surface area contributed by atoms with Gasteiger partial charge in [-0.25, -0.2) is 0 Å². The molecule has 0 amide bonds. The Kier molecular flexibility index (Phi) is 7.26. The van der Waals surface area contributed by atoms with Crippen molar-refractivity contribution in [1.82, 2.24) is 9.80 Å². The Morgan fingerprint density at radius 3 is 2.19 bits per heavy atom. The van der Waals surface area contributed by atoms with E-state index in [0.29, 0.717) is 42.3 Å². The van der Waals surface area contributed by atoms with Crippen LogP contribution in [0.1, 0.15) is 11.1 Å². The Bertz CT molecular complexity index is 832. The number of rotatable bonds is 8. The molecule has 0 aliphatic rings. The maximum Gasteiger partial charge on any atom is 0.270 e. The highest BCUT2D eigenvalue weighted by Gasteiger charge is 2.14. The highest BCUT2D eigenvalue weighted by Crippen LogP contribution is 2.31. The van der Waals surface area contributed by atoms with Crippen LogP contribution in [0.2, 0.25) is 10.0 Å². The smallest absolute Gasteiger partial charge is 0.270 e. The zero-order valence-corrected chi connectivity index (χ0v) is 16.5. The number of phenolic OH excluding ortho intramolecular Hbond substituents is 2. The fraction of sp³-hybridized carbons (Fsp3) is 0.333. The highest BCUT2D eigenvalue weighted by atomic mass is 35.5. The summed E-state index contributed by atoms with van der Waals surface area (Å²) < 4.78 is 0. The van der Waals surface area contributed by atoms with E-state index in [0.717, 1.165) is 0 Å². The fourth-order valence-corrected chi connectivity index (χ4v) is 3.17. The number of hydrogen-bond acceptors (Lipinski definition) is 6. The summed E-state index contributed by atoms with van der Waals surface area (Å²) in [7, 11) is 3.76. The summed E-state index contributed by atoms with van der Waals surface area (Å²) in [5.41, 5.74) is 1.07. The van der Waals surface area contributed by atoms with Crippen LogP contribution in [0.3, 0.4) is 0 Å². The summed E-state index contributed by atoms with van der Waals surface area (Å²) in [4.78, 5) is 14.3. The predicted molar refractivity (Wildman–Crippen MR) is 106 cm³/mol. The first-order valence-corrected chi connectivity index (χ1v) is 8.93. The lowest BCUT2D eigenvalue weighted by Gasteiger charge is -2.23. The average Bonchev–Trinajstić information content (AvgIpc) is 2.59. The lowest BCUT2D eigenvalue weighted by molar-refractivity contribution is -0.385. The first kappa shape index (κ1) is 21.2. The highest BCUT2D eigenvalue weighted by molar-refractivity contribution is 6.35. The van der Waals surface area contributed by atoms with E-state index in [1.807, 2.05) is 23.9 Å². The van der Waals surface area contributed by atoms with Crippen molar-refractivity contribution in [2.45, 2.75) is 13.1 Å². The van der Waals surface area contributed by atoms with Crippen molar-refractivity contribution >= 4 is 28.9 Å². The monoisotopic (exact) mass is 413 g/mol. The third-order valence-corrected chi connectivity index (χ3v) is 4.63. The fourth-order valence-electron chi connectivity index (χ4n) is 2.63. The number of halogens is 2. The molecule has 0 atom stereocenters. The normalized spacial score (nSPS) is 11.3. The van der Waals surface area contributed by atoms with Gasteiger partial charge in [-0.1, -0.05) is 23.2 Å². The summed E-state index contributed by atoms with van der Waals surface area (Å²) in [6.45, 7) is 2.14. The number of nitrogens with zero attached hydrogens (tertiary/aromatic N) is 3. The van der Waals surface area contributed by atoms with E-state index in [-0.39, 0.29) is 22.2 Å². The van der Waals surface area contributed by atoms with Gasteiger partial charge in [-0.3, -0.25) is 10.1 Å². The first-order chi connectivity index (χ1) is 12.7. The lowest BCUT2D eigenvalue weighted by Crippen LogP contribution is -2.30. The first-order valence-electron chi connectivity index (χ1n) is 8.17. The Labute approximate surface area is 167 Å². The number of hydrogen-bond donors (Lipinski definition) is 2. The Morgan fingerprint density at radius 1 is 1.00 bits per heavy atom. The standard InChI is InChI=1S/C18H21Cl2N3O4/c1-21(10-12-8-15(23(26)27)3-4-17(12)24)5-6-22(2)11-13-7-14(19)9-16(20)18(13)25/h3-4,7-9,24-25H,5-6,10-11H2,1-2H3. The van der Waals surface area contributed by atoms with Crippen molar-refractivity contribution in [2.24, 2.45) is 0 Å². The molecule has 146 valence electrons. The van der Waals surface area contributed by atoms with Gasteiger partial charge in [0, 0.05) is 54.5 Å². The third kappa shape index (κ3) is 5.97. The maximum absolute atomic E-state index is 10.9. The number of non-ortho nitro benzene ring substituents is 1. The molecule has 0 unspecified atom stereocenters. The van der Waals surface area contributed by atoms with Gasteiger partial charge < -0.3 is 20.0 Å². The topological polar surface area (TPSA) is 90.1 Å². The van der Waals surface area contributed by atoms with Crippen molar-refractivity contribution in [3.63, 3.8) is 0 Å². The molecule has 2 aromatic carbocycles. The second-order valence-corrected chi connectivity index (χ2v) is 7.28. The van der Waals surface area contributed by atoms with Crippen LogP contribution < -0.4 is 0 Å². The zero-order valence-electron chi connectivity index (χ0n) is 15.0. The van der Waals surface area contributed by atoms with E-state index in [1.165, 1.54) is 24.3 Å². The molecular weight excluding hydrogens is 393 g/mol. The Balaban J connectivity index is 1.93. The number of nitro groups is 1. The minimum absolute atomic E-state index is 0.0165. The SMILES string of the molecule is CN(CCN(C)Cc1cc(Cl)cc(Cl)c1O)Cc1cc([N+](=O)[O-])ccc1O. The van der Waals surface area contributed by atoms with Crippen molar-refractivity contribution in [3.05, 3.63) is 61.6 Å². The van der Waals surface area contributed by atoms with Crippen LogP contribution in [0, 0.1) is 10.1 Å². The minimum atomic E-state index is -0.487. The molecule has 2 rings (SSSR count). The molecule has 0 heterocycles. The van der Waals surface area contributed by atoms with Gasteiger partial charge in [0.2, 0.25) is 0 Å². The summed E-state index contributed by atoms with van der Waals surface area (Å²) in [5.74, 6) is 0.0436. The van der Waals surface area contributed by atoms with E-state index in [9.17, 15) is 20.3 Å². The summed E-state index contributed by atoms with van der Waals surface area (Å²) in [5, 5.41) is 31.5. The van der Waals surface area contributed by atoms with Crippen molar-refractivity contribution in [1.29, 1.82) is 0 Å². The Hall–Kier alpha value is -2.06. The van der Waals surface area contributed by atoms with Gasteiger partial charge in [0.05, 0.1) is 9.95 Å². The zero-order chi connectivity index (χ0) is 20.1. The summed E-state index contributed by atoms with van der Waals surface area (Å²) in [6, 6.07) is 7.14. The predicted octanol–water partition coefficient (Wildman–Crippen LogP) is 3.88. The lowest BCUT2D eigenvalue weighted by atomic mass is 10.1. The molecule has 0 saturated carbocycles. The van der Waals surface area contributed by atoms with Gasteiger partial charge in [-0.15, -0.1) is 0 Å². The van der Waals surface area contributed by atoms with Crippen LogP contribution in [0.4, 0.5) is 5.69 Å². The number of nitro benzene ring substituents is 1. The van der Waals surface area contributed by atoms with Crippen LogP contribution in [0.15, 0.2) is 30.3 Å². The molecule has 0 radical (unpaired) electrons. The number of aromatic hydroxyl groups is 2. The number of phenols is 2. The molecule has 0 spiro atoms. The van der Waals surface area contributed by atoms with Crippen molar-refractivity contribution in [2.75, 3.05) is 27.2 Å². The average molecular weight is 414 g/mol. The van der Waals surface area contributed by atoms with Gasteiger partial charge in [0.1, 0.15) is 11.5 Å². The van der Waals surface area contributed by atoms with Crippen LogP contribution >= 0.6 is 23.2 Å². The molecule has 7 nitrogen and oxygen atoms in total.